The summed E-state index contributed by atoms with van der Waals surface area (Å²) in [6.45, 7) is 2.95. The molecule has 4 heteroatoms. The monoisotopic (exact) mass is 284 g/mol. The highest BCUT2D eigenvalue weighted by Crippen LogP contribution is 2.29. The van der Waals surface area contributed by atoms with E-state index < -0.39 is 5.97 Å². The number of aryl methyl sites for hydroxylation is 1. The van der Waals surface area contributed by atoms with Gasteiger partial charge in [-0.3, -0.25) is 4.79 Å². The third kappa shape index (κ3) is 2.84. The van der Waals surface area contributed by atoms with Gasteiger partial charge in [0.1, 0.15) is 5.82 Å². The van der Waals surface area contributed by atoms with Gasteiger partial charge in [0.25, 0.3) is 0 Å². The number of rotatable bonds is 3. The molecule has 0 bridgehead atoms. The molecule has 0 aliphatic carbocycles. The summed E-state index contributed by atoms with van der Waals surface area (Å²) in [6, 6.07) is 10.3. The summed E-state index contributed by atoms with van der Waals surface area (Å²) < 4.78 is 0. The molecular weight excluding hydrogens is 264 g/mol. The van der Waals surface area contributed by atoms with Crippen molar-refractivity contribution in [2.45, 2.75) is 38.6 Å². The van der Waals surface area contributed by atoms with Crippen molar-refractivity contribution in [3.63, 3.8) is 0 Å². The minimum Gasteiger partial charge on any atom is -0.481 e. The highest BCUT2D eigenvalue weighted by molar-refractivity contribution is 5.82. The van der Waals surface area contributed by atoms with Crippen molar-refractivity contribution < 1.29 is 9.90 Å². The van der Waals surface area contributed by atoms with Crippen LogP contribution in [0.4, 0.5) is 5.82 Å². The number of piperidine rings is 1. The number of pyridine rings is 1. The Labute approximate surface area is 124 Å². The summed E-state index contributed by atoms with van der Waals surface area (Å²) in [4.78, 5) is 18.1. The summed E-state index contributed by atoms with van der Waals surface area (Å²) in [5.41, 5.74) is 2.09. The Kier molecular flexibility index (Phi) is 3.78. The van der Waals surface area contributed by atoms with Crippen LogP contribution in [0.3, 0.4) is 0 Å². The number of aromatic nitrogens is 1. The average Bonchev–Trinajstić information content (AvgIpc) is 2.47. The first-order chi connectivity index (χ1) is 10.1. The van der Waals surface area contributed by atoms with E-state index in [0.29, 0.717) is 0 Å². The number of benzene rings is 1. The first-order valence-electron chi connectivity index (χ1n) is 7.50. The Balaban J connectivity index is 2.00. The van der Waals surface area contributed by atoms with E-state index in [2.05, 4.69) is 24.0 Å². The summed E-state index contributed by atoms with van der Waals surface area (Å²) in [6.07, 6.45) is 3.32. The third-order valence-electron chi connectivity index (χ3n) is 4.20. The van der Waals surface area contributed by atoms with Gasteiger partial charge in [0.2, 0.25) is 0 Å². The molecule has 1 aliphatic rings. The predicted molar refractivity (Wildman–Crippen MR) is 83.7 cm³/mol. The van der Waals surface area contributed by atoms with Crippen LogP contribution >= 0.6 is 0 Å². The molecule has 1 N–H and O–H groups in total. The molecule has 3 rings (SSSR count). The summed E-state index contributed by atoms with van der Waals surface area (Å²) >= 11 is 0. The number of hydrogen-bond donors (Lipinski definition) is 1. The van der Waals surface area contributed by atoms with E-state index >= 15 is 0 Å². The van der Waals surface area contributed by atoms with Crippen molar-refractivity contribution in [2.75, 3.05) is 11.4 Å². The fraction of sp³-hybridized carbons (Fsp3) is 0.412. The molecule has 21 heavy (non-hydrogen) atoms. The Morgan fingerprint density at radius 3 is 3.00 bits per heavy atom. The van der Waals surface area contributed by atoms with E-state index in [1.54, 1.807) is 0 Å². The number of fused-ring (bicyclic) bond motifs is 1. The van der Waals surface area contributed by atoms with Crippen LogP contribution < -0.4 is 4.90 Å². The van der Waals surface area contributed by atoms with Gasteiger partial charge in [0.05, 0.1) is 11.9 Å². The number of carboxylic acids is 1. The number of carboxylic acid groups (broad SMARTS) is 1. The molecule has 0 amide bonds. The Bertz CT molecular complexity index is 669. The maximum absolute atomic E-state index is 11.1. The van der Waals surface area contributed by atoms with E-state index in [0.717, 1.165) is 48.1 Å². The fourth-order valence-electron chi connectivity index (χ4n) is 3.20. The molecule has 1 saturated heterocycles. The van der Waals surface area contributed by atoms with Crippen LogP contribution in [-0.4, -0.2) is 28.6 Å². The van der Waals surface area contributed by atoms with Crippen LogP contribution in [0.1, 0.15) is 31.2 Å². The van der Waals surface area contributed by atoms with Crippen molar-refractivity contribution in [1.29, 1.82) is 0 Å². The van der Waals surface area contributed by atoms with Crippen LogP contribution in [0.5, 0.6) is 0 Å². The maximum Gasteiger partial charge on any atom is 0.305 e. The molecule has 1 aliphatic heterocycles. The minimum absolute atomic E-state index is 0.0589. The number of hydrogen-bond acceptors (Lipinski definition) is 3. The molecule has 2 heterocycles. The smallest absolute Gasteiger partial charge is 0.305 e. The van der Waals surface area contributed by atoms with Gasteiger partial charge >= 0.3 is 5.97 Å². The molecular formula is C17H20N2O2. The molecule has 1 fully saturated rings. The molecule has 1 aromatic carbocycles. The zero-order chi connectivity index (χ0) is 14.8. The lowest BCUT2D eigenvalue weighted by Gasteiger charge is -2.36. The number of anilines is 1. The summed E-state index contributed by atoms with van der Waals surface area (Å²) in [5.74, 6) is 0.213. The van der Waals surface area contributed by atoms with E-state index in [1.807, 2.05) is 18.2 Å². The third-order valence-corrected chi connectivity index (χ3v) is 4.20. The van der Waals surface area contributed by atoms with Crippen molar-refractivity contribution in [2.24, 2.45) is 0 Å². The lowest BCUT2D eigenvalue weighted by atomic mass is 9.98. The highest BCUT2D eigenvalue weighted by Gasteiger charge is 2.26. The van der Waals surface area contributed by atoms with Crippen LogP contribution in [0, 0.1) is 6.92 Å². The first kappa shape index (κ1) is 13.9. The molecule has 1 aromatic heterocycles. The molecule has 0 saturated carbocycles. The molecule has 4 nitrogen and oxygen atoms in total. The molecule has 1 unspecified atom stereocenters. The standard InChI is InChI=1S/C17H20N2O2/c1-12-10-13-6-2-3-8-15(13)18-17(12)19-9-5-4-7-14(19)11-16(20)21/h2-3,6,8,10,14H,4-5,7,9,11H2,1H3,(H,20,21). The molecule has 1 atom stereocenters. The van der Waals surface area contributed by atoms with Crippen LogP contribution in [0.2, 0.25) is 0 Å². The molecule has 110 valence electrons. The van der Waals surface area contributed by atoms with E-state index in [9.17, 15) is 4.79 Å². The van der Waals surface area contributed by atoms with Crippen molar-refractivity contribution in [3.05, 3.63) is 35.9 Å². The molecule has 0 radical (unpaired) electrons. The fourth-order valence-corrected chi connectivity index (χ4v) is 3.20. The summed E-state index contributed by atoms with van der Waals surface area (Å²) in [7, 11) is 0. The minimum atomic E-state index is -0.731. The van der Waals surface area contributed by atoms with Gasteiger partial charge in [0, 0.05) is 18.0 Å². The highest BCUT2D eigenvalue weighted by atomic mass is 16.4. The van der Waals surface area contributed by atoms with E-state index in [1.165, 1.54) is 0 Å². The largest absolute Gasteiger partial charge is 0.481 e. The molecule has 2 aromatic rings. The average molecular weight is 284 g/mol. The number of para-hydroxylation sites is 1. The van der Waals surface area contributed by atoms with Crippen molar-refractivity contribution >= 4 is 22.7 Å². The van der Waals surface area contributed by atoms with Gasteiger partial charge in [-0.15, -0.1) is 0 Å². The quantitative estimate of drug-likeness (QED) is 0.938. The zero-order valence-electron chi connectivity index (χ0n) is 12.2. The van der Waals surface area contributed by atoms with Gasteiger partial charge in [-0.25, -0.2) is 4.98 Å². The van der Waals surface area contributed by atoms with Gasteiger partial charge in [-0.1, -0.05) is 18.2 Å². The zero-order valence-corrected chi connectivity index (χ0v) is 12.2. The number of carbonyl (C=O) groups is 1. The molecule has 0 spiro atoms. The first-order valence-corrected chi connectivity index (χ1v) is 7.50. The Hall–Kier alpha value is -2.10. The van der Waals surface area contributed by atoms with Crippen molar-refractivity contribution in [3.8, 4) is 0 Å². The SMILES string of the molecule is Cc1cc2ccccc2nc1N1CCCCC1CC(=O)O. The maximum atomic E-state index is 11.1. The van der Waals surface area contributed by atoms with Gasteiger partial charge < -0.3 is 10.0 Å². The summed E-state index contributed by atoms with van der Waals surface area (Å²) in [5, 5.41) is 10.3. The van der Waals surface area contributed by atoms with Gasteiger partial charge in [-0.05, 0) is 43.9 Å². The second kappa shape index (κ2) is 5.72. The Morgan fingerprint density at radius 2 is 2.19 bits per heavy atom. The number of nitrogens with zero attached hydrogens (tertiary/aromatic N) is 2. The van der Waals surface area contributed by atoms with E-state index in [-0.39, 0.29) is 12.5 Å². The van der Waals surface area contributed by atoms with Gasteiger partial charge in [-0.2, -0.15) is 0 Å². The van der Waals surface area contributed by atoms with Crippen LogP contribution in [-0.2, 0) is 4.79 Å². The second-order valence-electron chi connectivity index (χ2n) is 5.76. The van der Waals surface area contributed by atoms with Gasteiger partial charge in [0.15, 0.2) is 0 Å². The van der Waals surface area contributed by atoms with Crippen LogP contribution in [0.15, 0.2) is 30.3 Å². The van der Waals surface area contributed by atoms with E-state index in [4.69, 9.17) is 10.1 Å². The topological polar surface area (TPSA) is 53.4 Å². The normalized spacial score (nSPS) is 18.9. The van der Waals surface area contributed by atoms with Crippen LogP contribution in [0.25, 0.3) is 10.9 Å². The Morgan fingerprint density at radius 1 is 1.38 bits per heavy atom. The lowest BCUT2D eigenvalue weighted by Crippen LogP contribution is -2.41. The lowest BCUT2D eigenvalue weighted by molar-refractivity contribution is -0.137. The second-order valence-corrected chi connectivity index (χ2v) is 5.76. The predicted octanol–water partition coefficient (Wildman–Crippen LogP) is 3.38. The number of aliphatic carboxylic acids is 1. The van der Waals surface area contributed by atoms with Crippen molar-refractivity contribution in [1.82, 2.24) is 4.98 Å².